The van der Waals surface area contributed by atoms with Gasteiger partial charge in [-0.1, -0.05) is 18.2 Å². The van der Waals surface area contributed by atoms with Gasteiger partial charge in [0.25, 0.3) is 5.56 Å². The quantitative estimate of drug-likeness (QED) is 0.827. The van der Waals surface area contributed by atoms with Crippen molar-refractivity contribution in [2.24, 2.45) is 0 Å². The van der Waals surface area contributed by atoms with Crippen LogP contribution in [-0.2, 0) is 11.3 Å². The lowest BCUT2D eigenvalue weighted by molar-refractivity contribution is -0.131. The van der Waals surface area contributed by atoms with Crippen molar-refractivity contribution >= 4 is 17.0 Å². The lowest BCUT2D eigenvalue weighted by Gasteiger charge is -2.08. The third-order valence-electron chi connectivity index (χ3n) is 2.56. The molecule has 18 heavy (non-hydrogen) atoms. The number of aryl methyl sites for hydroxylation is 1. The zero-order valence-corrected chi connectivity index (χ0v) is 9.83. The molecule has 1 N–H and O–H groups in total. The van der Waals surface area contributed by atoms with Crippen LogP contribution in [0.4, 0.5) is 0 Å². The summed E-state index contributed by atoms with van der Waals surface area (Å²) in [5.41, 5.74) is 1.61. The molecule has 5 nitrogen and oxygen atoms in total. The van der Waals surface area contributed by atoms with E-state index in [0.717, 1.165) is 11.6 Å². The molecule has 0 saturated heterocycles. The Morgan fingerprint density at radius 1 is 1.44 bits per heavy atom. The first-order valence-corrected chi connectivity index (χ1v) is 5.45. The SMILES string of the molecule is Cc1nc2ccccc2n(C/C=C/C(=O)O)c1=O. The van der Waals surface area contributed by atoms with E-state index in [1.165, 1.54) is 10.6 Å². The Morgan fingerprint density at radius 2 is 2.17 bits per heavy atom. The van der Waals surface area contributed by atoms with Gasteiger partial charge in [-0.05, 0) is 19.1 Å². The number of rotatable bonds is 3. The molecular formula is C13H12N2O3. The van der Waals surface area contributed by atoms with Crippen molar-refractivity contribution in [1.82, 2.24) is 9.55 Å². The molecule has 0 aliphatic carbocycles. The zero-order valence-electron chi connectivity index (χ0n) is 9.83. The molecule has 0 amide bonds. The zero-order chi connectivity index (χ0) is 13.1. The first-order chi connectivity index (χ1) is 8.59. The van der Waals surface area contributed by atoms with Gasteiger partial charge in [0.05, 0.1) is 11.0 Å². The standard InChI is InChI=1S/C13H12N2O3/c1-9-13(18)15(8-4-7-12(16)17)11-6-3-2-5-10(11)14-9/h2-7H,8H2,1H3,(H,16,17)/b7-4+. The minimum atomic E-state index is -1.03. The van der Waals surface area contributed by atoms with E-state index >= 15 is 0 Å². The number of carboxylic acids is 1. The fraction of sp³-hybridized carbons (Fsp3) is 0.154. The van der Waals surface area contributed by atoms with E-state index in [2.05, 4.69) is 4.98 Å². The Balaban J connectivity index is 2.57. The Kier molecular flexibility index (Phi) is 3.23. The van der Waals surface area contributed by atoms with Crippen molar-refractivity contribution < 1.29 is 9.90 Å². The van der Waals surface area contributed by atoms with E-state index in [-0.39, 0.29) is 12.1 Å². The van der Waals surface area contributed by atoms with Crippen LogP contribution in [0.1, 0.15) is 5.69 Å². The summed E-state index contributed by atoms with van der Waals surface area (Å²) in [6.45, 7) is 1.86. The molecule has 0 radical (unpaired) electrons. The number of carboxylic acid groups (broad SMARTS) is 1. The molecule has 0 atom stereocenters. The Morgan fingerprint density at radius 3 is 2.89 bits per heavy atom. The number of hydrogen-bond donors (Lipinski definition) is 1. The maximum atomic E-state index is 12.0. The van der Waals surface area contributed by atoms with Crippen molar-refractivity contribution in [3.8, 4) is 0 Å². The molecule has 0 fully saturated rings. The number of benzene rings is 1. The van der Waals surface area contributed by atoms with E-state index < -0.39 is 5.97 Å². The fourth-order valence-corrected chi connectivity index (χ4v) is 1.76. The lowest BCUT2D eigenvalue weighted by Crippen LogP contribution is -2.23. The van der Waals surface area contributed by atoms with Gasteiger partial charge in [-0.2, -0.15) is 0 Å². The Bertz CT molecular complexity index is 686. The van der Waals surface area contributed by atoms with Crippen LogP contribution in [0.2, 0.25) is 0 Å². The first-order valence-electron chi connectivity index (χ1n) is 5.45. The number of nitrogens with zero attached hydrogens (tertiary/aromatic N) is 2. The van der Waals surface area contributed by atoms with Crippen LogP contribution in [-0.4, -0.2) is 20.6 Å². The Hall–Kier alpha value is -2.43. The summed E-state index contributed by atoms with van der Waals surface area (Å²) in [7, 11) is 0. The molecule has 0 saturated carbocycles. The van der Waals surface area contributed by atoms with Crippen molar-refractivity contribution in [2.75, 3.05) is 0 Å². The maximum Gasteiger partial charge on any atom is 0.328 e. The van der Waals surface area contributed by atoms with E-state index in [1.807, 2.05) is 18.2 Å². The first kappa shape index (κ1) is 12.0. The van der Waals surface area contributed by atoms with E-state index in [9.17, 15) is 9.59 Å². The highest BCUT2D eigenvalue weighted by atomic mass is 16.4. The van der Waals surface area contributed by atoms with Gasteiger partial charge in [0, 0.05) is 12.6 Å². The second-order valence-corrected chi connectivity index (χ2v) is 3.84. The molecule has 1 heterocycles. The number of para-hydroxylation sites is 2. The summed E-state index contributed by atoms with van der Waals surface area (Å²) < 4.78 is 1.51. The normalized spacial score (nSPS) is 11.2. The summed E-state index contributed by atoms with van der Waals surface area (Å²) in [6, 6.07) is 7.27. The van der Waals surface area contributed by atoms with Gasteiger partial charge in [0.2, 0.25) is 0 Å². The summed E-state index contributed by atoms with van der Waals surface area (Å²) in [4.78, 5) is 26.6. The highest BCUT2D eigenvalue weighted by Crippen LogP contribution is 2.09. The number of hydrogen-bond acceptors (Lipinski definition) is 3. The smallest absolute Gasteiger partial charge is 0.328 e. The van der Waals surface area contributed by atoms with Crippen molar-refractivity contribution in [3.05, 3.63) is 52.5 Å². The molecule has 0 aliphatic heterocycles. The van der Waals surface area contributed by atoms with Crippen LogP contribution in [0.3, 0.4) is 0 Å². The molecule has 5 heteroatoms. The predicted octanol–water partition coefficient (Wildman–Crippen LogP) is 1.35. The van der Waals surface area contributed by atoms with Gasteiger partial charge >= 0.3 is 5.97 Å². The van der Waals surface area contributed by atoms with Crippen LogP contribution in [0.5, 0.6) is 0 Å². The van der Waals surface area contributed by atoms with E-state index in [4.69, 9.17) is 5.11 Å². The molecule has 0 unspecified atom stereocenters. The van der Waals surface area contributed by atoms with Crippen LogP contribution in [0, 0.1) is 6.92 Å². The second kappa shape index (κ2) is 4.83. The summed E-state index contributed by atoms with van der Waals surface area (Å²) in [6.07, 6.45) is 2.46. The van der Waals surface area contributed by atoms with Gasteiger partial charge in [-0.15, -0.1) is 0 Å². The van der Waals surface area contributed by atoms with Gasteiger partial charge in [-0.3, -0.25) is 4.79 Å². The van der Waals surface area contributed by atoms with Crippen LogP contribution in [0.25, 0.3) is 11.0 Å². The molecule has 1 aromatic heterocycles. The van der Waals surface area contributed by atoms with Crippen LogP contribution in [0.15, 0.2) is 41.2 Å². The largest absolute Gasteiger partial charge is 0.478 e. The number of aliphatic carboxylic acids is 1. The monoisotopic (exact) mass is 244 g/mol. The number of fused-ring (bicyclic) bond motifs is 1. The minimum Gasteiger partial charge on any atom is -0.478 e. The molecule has 0 bridgehead atoms. The highest BCUT2D eigenvalue weighted by Gasteiger charge is 2.05. The fourth-order valence-electron chi connectivity index (χ4n) is 1.76. The van der Waals surface area contributed by atoms with Crippen molar-refractivity contribution in [1.29, 1.82) is 0 Å². The molecular weight excluding hydrogens is 232 g/mol. The van der Waals surface area contributed by atoms with Crippen molar-refractivity contribution in [2.45, 2.75) is 13.5 Å². The molecule has 0 aliphatic rings. The Labute approximate surface area is 103 Å². The molecule has 0 spiro atoms. The maximum absolute atomic E-state index is 12.0. The third-order valence-corrected chi connectivity index (χ3v) is 2.56. The van der Waals surface area contributed by atoms with Crippen LogP contribution >= 0.6 is 0 Å². The molecule has 2 rings (SSSR count). The number of aromatic nitrogens is 2. The van der Waals surface area contributed by atoms with Gasteiger partial charge in [0.15, 0.2) is 0 Å². The highest BCUT2D eigenvalue weighted by molar-refractivity contribution is 5.79. The van der Waals surface area contributed by atoms with Gasteiger partial charge in [0.1, 0.15) is 5.69 Å². The summed E-state index contributed by atoms with van der Waals surface area (Å²) in [5, 5.41) is 8.54. The third kappa shape index (κ3) is 2.29. The van der Waals surface area contributed by atoms with E-state index in [1.54, 1.807) is 13.0 Å². The molecule has 92 valence electrons. The van der Waals surface area contributed by atoms with Crippen LogP contribution < -0.4 is 5.56 Å². The molecule has 2 aromatic rings. The predicted molar refractivity (Wildman–Crippen MR) is 67.5 cm³/mol. The van der Waals surface area contributed by atoms with Gasteiger partial charge in [-0.25, -0.2) is 9.78 Å². The van der Waals surface area contributed by atoms with Gasteiger partial charge < -0.3 is 9.67 Å². The second-order valence-electron chi connectivity index (χ2n) is 3.84. The number of carbonyl (C=O) groups is 1. The summed E-state index contributed by atoms with van der Waals surface area (Å²) in [5.74, 6) is -1.03. The summed E-state index contributed by atoms with van der Waals surface area (Å²) >= 11 is 0. The van der Waals surface area contributed by atoms with E-state index in [0.29, 0.717) is 11.2 Å². The average molecular weight is 244 g/mol. The topological polar surface area (TPSA) is 72.2 Å². The average Bonchev–Trinajstić information content (AvgIpc) is 2.33. The molecule has 1 aromatic carbocycles. The minimum absolute atomic E-state index is 0.205. The lowest BCUT2D eigenvalue weighted by atomic mass is 10.2. The number of allylic oxidation sites excluding steroid dienone is 1. The van der Waals surface area contributed by atoms with Crippen molar-refractivity contribution in [3.63, 3.8) is 0 Å².